The summed E-state index contributed by atoms with van der Waals surface area (Å²) in [4.78, 5) is 9.51. The summed E-state index contributed by atoms with van der Waals surface area (Å²) in [6, 6.07) is 8.71. The van der Waals surface area contributed by atoms with Crippen LogP contribution in [0.1, 0.15) is 13.8 Å². The molecule has 1 aliphatic rings. The summed E-state index contributed by atoms with van der Waals surface area (Å²) >= 11 is 0. The first kappa shape index (κ1) is 14.1. The molecule has 0 saturated carbocycles. The van der Waals surface area contributed by atoms with E-state index in [1.165, 1.54) is 16.5 Å². The number of nitrogens with zero attached hydrogens (tertiary/aromatic N) is 3. The fourth-order valence-corrected chi connectivity index (χ4v) is 3.12. The smallest absolute Gasteiger partial charge is 0.138 e. The molecule has 0 amide bonds. The maximum Gasteiger partial charge on any atom is 0.138 e. The van der Waals surface area contributed by atoms with Crippen LogP contribution in [0.2, 0.25) is 0 Å². The third-order valence-electron chi connectivity index (χ3n) is 4.27. The van der Waals surface area contributed by atoms with Gasteiger partial charge in [0, 0.05) is 56.5 Å². The monoisotopic (exact) mass is 284 g/mol. The second kappa shape index (κ2) is 6.31. The number of anilines is 2. The van der Waals surface area contributed by atoms with Crippen LogP contribution in [0, 0.1) is 0 Å². The number of piperazine rings is 1. The lowest BCUT2D eigenvalue weighted by molar-refractivity contribution is 0.590. The lowest BCUT2D eigenvalue weighted by atomic mass is 10.1. The minimum absolute atomic E-state index is 0.985. The van der Waals surface area contributed by atoms with Crippen LogP contribution in [0.25, 0.3) is 10.8 Å². The van der Waals surface area contributed by atoms with E-state index >= 15 is 0 Å². The molecule has 112 valence electrons. The van der Waals surface area contributed by atoms with Crippen molar-refractivity contribution in [3.05, 3.63) is 30.5 Å². The average Bonchev–Trinajstić information content (AvgIpc) is 2.56. The van der Waals surface area contributed by atoms with E-state index in [0.29, 0.717) is 0 Å². The first-order valence-electron chi connectivity index (χ1n) is 7.93. The van der Waals surface area contributed by atoms with E-state index in [2.05, 4.69) is 58.2 Å². The predicted octanol–water partition coefficient (Wildman–Crippen LogP) is 2.49. The number of benzene rings is 1. The highest BCUT2D eigenvalue weighted by molar-refractivity contribution is 6.02. The molecule has 1 saturated heterocycles. The van der Waals surface area contributed by atoms with Crippen molar-refractivity contribution in [2.24, 2.45) is 0 Å². The minimum atomic E-state index is 0.985. The number of hydrogen-bond acceptors (Lipinski definition) is 4. The maximum absolute atomic E-state index is 4.69. The van der Waals surface area contributed by atoms with E-state index in [9.17, 15) is 0 Å². The van der Waals surface area contributed by atoms with Crippen molar-refractivity contribution in [1.82, 2.24) is 10.3 Å². The molecule has 0 spiro atoms. The molecule has 1 N–H and O–H groups in total. The molecule has 4 nitrogen and oxygen atoms in total. The standard InChI is InChI=1S/C17H24N4/c1-3-20(4-2)17-16-14(8-9-19-17)6-5-7-15(16)21-12-10-18-11-13-21/h5-9,18H,3-4,10-13H2,1-2H3. The topological polar surface area (TPSA) is 31.4 Å². The van der Waals surface area contributed by atoms with Crippen molar-refractivity contribution in [2.75, 3.05) is 49.1 Å². The highest BCUT2D eigenvalue weighted by atomic mass is 15.2. The summed E-state index contributed by atoms with van der Waals surface area (Å²) in [6.45, 7) is 10.6. The highest BCUT2D eigenvalue weighted by Crippen LogP contribution is 2.33. The molecule has 0 atom stereocenters. The summed E-state index contributed by atoms with van der Waals surface area (Å²) in [5.41, 5.74) is 1.32. The van der Waals surface area contributed by atoms with Crippen molar-refractivity contribution in [3.8, 4) is 0 Å². The van der Waals surface area contributed by atoms with Gasteiger partial charge in [-0.05, 0) is 31.4 Å². The Morgan fingerprint density at radius 2 is 1.90 bits per heavy atom. The first-order chi connectivity index (χ1) is 10.3. The van der Waals surface area contributed by atoms with Gasteiger partial charge in [-0.2, -0.15) is 0 Å². The fraction of sp³-hybridized carbons (Fsp3) is 0.471. The van der Waals surface area contributed by atoms with Gasteiger partial charge in [0.15, 0.2) is 0 Å². The molecule has 2 aromatic rings. The van der Waals surface area contributed by atoms with E-state index in [0.717, 1.165) is 45.1 Å². The third-order valence-corrected chi connectivity index (χ3v) is 4.27. The molecule has 1 aromatic carbocycles. The Morgan fingerprint density at radius 3 is 2.62 bits per heavy atom. The van der Waals surface area contributed by atoms with Crippen LogP contribution in [0.3, 0.4) is 0 Å². The van der Waals surface area contributed by atoms with Crippen LogP contribution in [-0.4, -0.2) is 44.3 Å². The van der Waals surface area contributed by atoms with Gasteiger partial charge in [0.25, 0.3) is 0 Å². The quantitative estimate of drug-likeness (QED) is 0.934. The zero-order chi connectivity index (χ0) is 14.7. The van der Waals surface area contributed by atoms with Crippen molar-refractivity contribution in [2.45, 2.75) is 13.8 Å². The van der Waals surface area contributed by atoms with Crippen LogP contribution in [-0.2, 0) is 0 Å². The Morgan fingerprint density at radius 1 is 1.14 bits per heavy atom. The summed E-state index contributed by atoms with van der Waals surface area (Å²) in [5.74, 6) is 1.12. The van der Waals surface area contributed by atoms with Gasteiger partial charge in [0.05, 0.1) is 0 Å². The Kier molecular flexibility index (Phi) is 4.25. The van der Waals surface area contributed by atoms with Gasteiger partial charge in [-0.25, -0.2) is 4.98 Å². The fourth-order valence-electron chi connectivity index (χ4n) is 3.12. The molecule has 2 heterocycles. The molecule has 4 heteroatoms. The van der Waals surface area contributed by atoms with Crippen molar-refractivity contribution >= 4 is 22.3 Å². The van der Waals surface area contributed by atoms with E-state index in [-0.39, 0.29) is 0 Å². The highest BCUT2D eigenvalue weighted by Gasteiger charge is 2.17. The van der Waals surface area contributed by atoms with Crippen molar-refractivity contribution in [1.29, 1.82) is 0 Å². The van der Waals surface area contributed by atoms with E-state index in [4.69, 9.17) is 0 Å². The second-order valence-corrected chi connectivity index (χ2v) is 5.42. The molecule has 0 radical (unpaired) electrons. The SMILES string of the molecule is CCN(CC)c1nccc2cccc(N3CCNCC3)c12. The maximum atomic E-state index is 4.69. The number of pyridine rings is 1. The molecule has 0 unspecified atom stereocenters. The number of rotatable bonds is 4. The van der Waals surface area contributed by atoms with E-state index < -0.39 is 0 Å². The molecule has 0 bridgehead atoms. The first-order valence-corrected chi connectivity index (χ1v) is 7.93. The summed E-state index contributed by atoms with van der Waals surface area (Å²) in [6.07, 6.45) is 1.93. The number of fused-ring (bicyclic) bond motifs is 1. The van der Waals surface area contributed by atoms with Gasteiger partial charge >= 0.3 is 0 Å². The van der Waals surface area contributed by atoms with Gasteiger partial charge in [-0.3, -0.25) is 0 Å². The van der Waals surface area contributed by atoms with Gasteiger partial charge < -0.3 is 15.1 Å². The Hall–Kier alpha value is -1.81. The van der Waals surface area contributed by atoms with Crippen molar-refractivity contribution in [3.63, 3.8) is 0 Å². The molecular formula is C17H24N4. The molecule has 1 fully saturated rings. The third kappa shape index (κ3) is 2.68. The van der Waals surface area contributed by atoms with Crippen LogP contribution in [0.4, 0.5) is 11.5 Å². The van der Waals surface area contributed by atoms with Gasteiger partial charge in [0.1, 0.15) is 5.82 Å². The van der Waals surface area contributed by atoms with Crippen LogP contribution >= 0.6 is 0 Å². The zero-order valence-corrected chi connectivity index (χ0v) is 13.0. The lowest BCUT2D eigenvalue weighted by Crippen LogP contribution is -2.43. The van der Waals surface area contributed by atoms with Gasteiger partial charge in [-0.15, -0.1) is 0 Å². The van der Waals surface area contributed by atoms with Gasteiger partial charge in [-0.1, -0.05) is 12.1 Å². The Labute approximate surface area is 126 Å². The summed E-state index contributed by atoms with van der Waals surface area (Å²) < 4.78 is 0. The molecule has 1 aliphatic heterocycles. The average molecular weight is 284 g/mol. The number of nitrogens with one attached hydrogen (secondary N) is 1. The largest absolute Gasteiger partial charge is 0.368 e. The van der Waals surface area contributed by atoms with Crippen LogP contribution < -0.4 is 15.1 Å². The lowest BCUT2D eigenvalue weighted by Gasteiger charge is -2.32. The van der Waals surface area contributed by atoms with E-state index in [1.54, 1.807) is 0 Å². The second-order valence-electron chi connectivity index (χ2n) is 5.42. The Balaban J connectivity index is 2.15. The van der Waals surface area contributed by atoms with Crippen molar-refractivity contribution < 1.29 is 0 Å². The number of hydrogen-bond donors (Lipinski definition) is 1. The van der Waals surface area contributed by atoms with Crippen LogP contribution in [0.5, 0.6) is 0 Å². The molecule has 3 rings (SSSR count). The summed E-state index contributed by atoms with van der Waals surface area (Å²) in [5, 5.41) is 6.00. The predicted molar refractivity (Wildman–Crippen MR) is 90.4 cm³/mol. The molecule has 21 heavy (non-hydrogen) atoms. The zero-order valence-electron chi connectivity index (χ0n) is 13.0. The Bertz CT molecular complexity index is 596. The number of aromatic nitrogens is 1. The molecule has 1 aromatic heterocycles. The minimum Gasteiger partial charge on any atom is -0.368 e. The van der Waals surface area contributed by atoms with Gasteiger partial charge in [0.2, 0.25) is 0 Å². The molecule has 0 aliphatic carbocycles. The van der Waals surface area contributed by atoms with E-state index in [1.807, 2.05) is 6.20 Å². The summed E-state index contributed by atoms with van der Waals surface area (Å²) in [7, 11) is 0. The normalized spacial score (nSPS) is 15.4. The van der Waals surface area contributed by atoms with Crippen LogP contribution in [0.15, 0.2) is 30.5 Å². The molecular weight excluding hydrogens is 260 g/mol.